The van der Waals surface area contributed by atoms with E-state index in [1.165, 1.54) is 17.7 Å². The summed E-state index contributed by atoms with van der Waals surface area (Å²) in [4.78, 5) is 1.17. The van der Waals surface area contributed by atoms with Crippen molar-refractivity contribution >= 4 is 22.9 Å². The fourth-order valence-electron chi connectivity index (χ4n) is 2.01. The third-order valence-electron chi connectivity index (χ3n) is 2.86. The SMILES string of the molecule is NC1(COCc2ccc(Cl)s2)CCCC1. The molecule has 0 amide bonds. The quantitative estimate of drug-likeness (QED) is 0.884. The van der Waals surface area contributed by atoms with Crippen LogP contribution >= 0.6 is 22.9 Å². The summed E-state index contributed by atoms with van der Waals surface area (Å²) in [7, 11) is 0. The Kier molecular flexibility index (Phi) is 3.67. The standard InChI is InChI=1S/C11H16ClNOS/c12-10-4-3-9(15-10)7-14-8-11(13)5-1-2-6-11/h3-4H,1-2,5-8,13H2. The van der Waals surface area contributed by atoms with E-state index in [0.29, 0.717) is 13.2 Å². The van der Waals surface area contributed by atoms with Gasteiger partial charge in [0.15, 0.2) is 0 Å². The summed E-state index contributed by atoms with van der Waals surface area (Å²) in [6, 6.07) is 3.91. The molecule has 0 bridgehead atoms. The lowest BCUT2D eigenvalue weighted by Crippen LogP contribution is -2.41. The van der Waals surface area contributed by atoms with Gasteiger partial charge in [0.2, 0.25) is 0 Å². The number of thiophene rings is 1. The molecule has 1 saturated carbocycles. The number of rotatable bonds is 4. The highest BCUT2D eigenvalue weighted by atomic mass is 35.5. The molecule has 0 aliphatic heterocycles. The average molecular weight is 246 g/mol. The highest BCUT2D eigenvalue weighted by molar-refractivity contribution is 7.16. The molecule has 1 aromatic heterocycles. The van der Waals surface area contributed by atoms with Crippen molar-refractivity contribution in [3.8, 4) is 0 Å². The Bertz CT molecular complexity index is 320. The first-order chi connectivity index (χ1) is 7.18. The first-order valence-electron chi connectivity index (χ1n) is 5.29. The smallest absolute Gasteiger partial charge is 0.0932 e. The predicted molar refractivity (Wildman–Crippen MR) is 64.4 cm³/mol. The number of ether oxygens (including phenoxy) is 1. The molecule has 0 radical (unpaired) electrons. The van der Waals surface area contributed by atoms with Gasteiger partial charge in [0.25, 0.3) is 0 Å². The molecule has 2 rings (SSSR count). The van der Waals surface area contributed by atoms with E-state index in [1.54, 1.807) is 11.3 Å². The lowest BCUT2D eigenvalue weighted by Gasteiger charge is -2.22. The minimum absolute atomic E-state index is 0.0684. The lowest BCUT2D eigenvalue weighted by atomic mass is 10.0. The molecular weight excluding hydrogens is 230 g/mol. The summed E-state index contributed by atoms with van der Waals surface area (Å²) in [6.45, 7) is 1.30. The van der Waals surface area contributed by atoms with Gasteiger partial charge in [0.1, 0.15) is 0 Å². The first-order valence-corrected chi connectivity index (χ1v) is 6.48. The summed E-state index contributed by atoms with van der Waals surface area (Å²) < 4.78 is 6.46. The Labute approximate surface area is 99.4 Å². The van der Waals surface area contributed by atoms with Gasteiger partial charge >= 0.3 is 0 Å². The van der Waals surface area contributed by atoms with E-state index in [1.807, 2.05) is 12.1 Å². The number of hydrogen-bond acceptors (Lipinski definition) is 3. The Morgan fingerprint density at radius 2 is 2.13 bits per heavy atom. The molecule has 1 heterocycles. The molecule has 0 spiro atoms. The van der Waals surface area contributed by atoms with Crippen LogP contribution in [0, 0.1) is 0 Å². The van der Waals surface area contributed by atoms with Crippen LogP contribution in [-0.4, -0.2) is 12.1 Å². The minimum atomic E-state index is -0.0684. The van der Waals surface area contributed by atoms with Gasteiger partial charge in [-0.25, -0.2) is 0 Å². The maximum atomic E-state index is 6.18. The first kappa shape index (κ1) is 11.4. The maximum Gasteiger partial charge on any atom is 0.0932 e. The van der Waals surface area contributed by atoms with Crippen LogP contribution in [0.1, 0.15) is 30.6 Å². The molecule has 1 aliphatic rings. The number of nitrogens with two attached hydrogens (primary N) is 1. The van der Waals surface area contributed by atoms with Crippen molar-refractivity contribution < 1.29 is 4.74 Å². The molecule has 1 aromatic rings. The van der Waals surface area contributed by atoms with Crippen molar-refractivity contribution in [2.75, 3.05) is 6.61 Å². The molecule has 0 atom stereocenters. The zero-order chi connectivity index (χ0) is 10.7. The van der Waals surface area contributed by atoms with Crippen molar-refractivity contribution in [1.29, 1.82) is 0 Å². The van der Waals surface area contributed by atoms with Crippen LogP contribution in [0.15, 0.2) is 12.1 Å². The van der Waals surface area contributed by atoms with Gasteiger partial charge in [-0.15, -0.1) is 11.3 Å². The van der Waals surface area contributed by atoms with Crippen LogP contribution in [0.3, 0.4) is 0 Å². The van der Waals surface area contributed by atoms with E-state index in [0.717, 1.165) is 17.2 Å². The van der Waals surface area contributed by atoms with E-state index < -0.39 is 0 Å². The monoisotopic (exact) mass is 245 g/mol. The van der Waals surface area contributed by atoms with Crippen LogP contribution in [0.25, 0.3) is 0 Å². The lowest BCUT2D eigenvalue weighted by molar-refractivity contribution is 0.0767. The fourth-order valence-corrected chi connectivity index (χ4v) is 3.03. The van der Waals surface area contributed by atoms with Gasteiger partial charge in [-0.1, -0.05) is 24.4 Å². The Hall–Kier alpha value is -0.0900. The number of hydrogen-bond donors (Lipinski definition) is 1. The second-order valence-electron chi connectivity index (χ2n) is 4.27. The van der Waals surface area contributed by atoms with E-state index >= 15 is 0 Å². The molecular formula is C11H16ClNOS. The van der Waals surface area contributed by atoms with Gasteiger partial charge in [-0.2, -0.15) is 0 Å². The fraction of sp³-hybridized carbons (Fsp3) is 0.636. The molecule has 2 N–H and O–H groups in total. The number of halogens is 1. The summed E-state index contributed by atoms with van der Waals surface area (Å²) in [6.07, 6.45) is 4.67. The normalized spacial score (nSPS) is 19.6. The van der Waals surface area contributed by atoms with Gasteiger partial charge in [0, 0.05) is 10.4 Å². The van der Waals surface area contributed by atoms with Gasteiger partial charge < -0.3 is 10.5 Å². The van der Waals surface area contributed by atoms with Crippen LogP contribution in [0.4, 0.5) is 0 Å². The van der Waals surface area contributed by atoms with Crippen LogP contribution < -0.4 is 5.73 Å². The van der Waals surface area contributed by atoms with E-state index in [-0.39, 0.29) is 5.54 Å². The maximum absolute atomic E-state index is 6.18. The van der Waals surface area contributed by atoms with Gasteiger partial charge in [-0.05, 0) is 25.0 Å². The largest absolute Gasteiger partial charge is 0.374 e. The van der Waals surface area contributed by atoms with Crippen molar-refractivity contribution in [2.45, 2.75) is 37.8 Å². The predicted octanol–water partition coefficient (Wildman–Crippen LogP) is 3.19. The van der Waals surface area contributed by atoms with Gasteiger partial charge in [-0.3, -0.25) is 0 Å². The molecule has 15 heavy (non-hydrogen) atoms. The molecule has 1 aliphatic carbocycles. The molecule has 0 unspecified atom stereocenters. The van der Waals surface area contributed by atoms with Crippen molar-refractivity contribution in [2.24, 2.45) is 5.73 Å². The van der Waals surface area contributed by atoms with E-state index in [2.05, 4.69) is 0 Å². The van der Waals surface area contributed by atoms with Crippen LogP contribution in [-0.2, 0) is 11.3 Å². The zero-order valence-electron chi connectivity index (χ0n) is 8.67. The summed E-state index contributed by atoms with van der Waals surface area (Å²) >= 11 is 7.40. The molecule has 4 heteroatoms. The van der Waals surface area contributed by atoms with Crippen LogP contribution in [0.2, 0.25) is 4.34 Å². The average Bonchev–Trinajstić information content (AvgIpc) is 2.76. The van der Waals surface area contributed by atoms with Crippen molar-refractivity contribution in [3.05, 3.63) is 21.3 Å². The molecule has 0 saturated heterocycles. The topological polar surface area (TPSA) is 35.2 Å². The summed E-state index contributed by atoms with van der Waals surface area (Å²) in [5, 5.41) is 0. The van der Waals surface area contributed by atoms with E-state index in [9.17, 15) is 0 Å². The van der Waals surface area contributed by atoms with E-state index in [4.69, 9.17) is 22.1 Å². The molecule has 84 valence electrons. The Morgan fingerprint density at radius 3 is 2.73 bits per heavy atom. The van der Waals surface area contributed by atoms with Crippen LogP contribution in [0.5, 0.6) is 0 Å². The Morgan fingerprint density at radius 1 is 1.40 bits per heavy atom. The summed E-state index contributed by atoms with van der Waals surface area (Å²) in [5.74, 6) is 0. The van der Waals surface area contributed by atoms with Gasteiger partial charge in [0.05, 0.1) is 17.6 Å². The summed E-state index contributed by atoms with van der Waals surface area (Å²) in [5.41, 5.74) is 6.11. The zero-order valence-corrected chi connectivity index (χ0v) is 10.2. The Balaban J connectivity index is 1.75. The molecule has 1 fully saturated rings. The minimum Gasteiger partial charge on any atom is -0.374 e. The second-order valence-corrected chi connectivity index (χ2v) is 6.07. The third-order valence-corrected chi connectivity index (χ3v) is 4.07. The van der Waals surface area contributed by atoms with Crippen molar-refractivity contribution in [1.82, 2.24) is 0 Å². The molecule has 2 nitrogen and oxygen atoms in total. The molecule has 0 aromatic carbocycles. The van der Waals surface area contributed by atoms with Crippen molar-refractivity contribution in [3.63, 3.8) is 0 Å². The third kappa shape index (κ3) is 3.18. The highest BCUT2D eigenvalue weighted by Crippen LogP contribution is 2.28. The highest BCUT2D eigenvalue weighted by Gasteiger charge is 2.29. The second kappa shape index (κ2) is 4.83.